The van der Waals surface area contributed by atoms with E-state index in [0.717, 1.165) is 23.8 Å². The summed E-state index contributed by atoms with van der Waals surface area (Å²) >= 11 is 0. The maximum Gasteiger partial charge on any atom is 2.00 e. The van der Waals surface area contributed by atoms with E-state index in [1.807, 2.05) is 60.7 Å². The molecule has 50 heavy (non-hydrogen) atoms. The number of ether oxygens (including phenoxy) is 7. The summed E-state index contributed by atoms with van der Waals surface area (Å²) in [4.78, 5) is 0. The second-order valence-electron chi connectivity index (χ2n) is 10.1. The van der Waals surface area contributed by atoms with E-state index in [-0.39, 0.29) is 91.6 Å². The van der Waals surface area contributed by atoms with E-state index in [1.165, 1.54) is 25.0 Å². The van der Waals surface area contributed by atoms with Gasteiger partial charge in [0.15, 0.2) is 0 Å². The molecule has 0 saturated carbocycles. The molecule has 3 aromatic carbocycles. The monoisotopic (exact) mass is 860 g/mol. The van der Waals surface area contributed by atoms with Gasteiger partial charge in [-0.15, -0.1) is 5.46 Å². The van der Waals surface area contributed by atoms with Crippen molar-refractivity contribution in [2.75, 3.05) is 92.5 Å². The summed E-state index contributed by atoms with van der Waals surface area (Å²) < 4.78 is 77.4. The first-order chi connectivity index (χ1) is 22.6. The zero-order valence-electron chi connectivity index (χ0n) is 29.1. The number of rotatable bonds is 4. The minimum absolute atomic E-state index is 0. The van der Waals surface area contributed by atoms with Crippen LogP contribution < -0.4 is 85.2 Å². The van der Waals surface area contributed by atoms with Crippen molar-refractivity contribution in [1.82, 2.24) is 0 Å². The third-order valence-corrected chi connectivity index (χ3v) is 9.14. The predicted molar refractivity (Wildman–Crippen MR) is 185 cm³/mol. The molecule has 5 rings (SSSR count). The Morgan fingerprint density at radius 1 is 0.440 bits per heavy atom. The first-order valence-corrected chi connectivity index (χ1v) is 17.1. The van der Waals surface area contributed by atoms with Crippen molar-refractivity contribution >= 4 is 36.3 Å². The van der Waals surface area contributed by atoms with Crippen LogP contribution in [0.15, 0.2) is 84.9 Å². The Hall–Kier alpha value is 0.254. The molecule has 0 unspecified atom stereocenters. The summed E-state index contributed by atoms with van der Waals surface area (Å²) in [6.07, 6.45) is 2.56. The fourth-order valence-electron chi connectivity index (χ4n) is 4.38. The van der Waals surface area contributed by atoms with Crippen LogP contribution in [0.2, 0.25) is 0 Å². The molecule has 3 aromatic rings. The molecule has 15 heteroatoms. The summed E-state index contributed by atoms with van der Waals surface area (Å²) in [6, 6.07) is 24.8. The Balaban J connectivity index is 0. The van der Waals surface area contributed by atoms with Crippen molar-refractivity contribution in [3.8, 4) is 0 Å². The Kier molecular flexibility index (Phi) is 35.4. The number of hydrogen-bond acceptors (Lipinski definition) is 7. The molecule has 2 fully saturated rings. The largest absolute Gasteiger partial charge is 2.00 e. The molecule has 0 radical (unpaired) electrons. The van der Waals surface area contributed by atoms with E-state index in [0.29, 0.717) is 84.6 Å². The molecule has 0 bridgehead atoms. The molecule has 0 aliphatic carbocycles. The van der Waals surface area contributed by atoms with E-state index in [1.54, 1.807) is 12.1 Å². The van der Waals surface area contributed by atoms with Gasteiger partial charge in [-0.2, -0.15) is 0 Å². The SMILES string of the molecule is C1CCOC1.C1COCCOCCOCCOCCOCCO1.F[B-](F)(F)c1ccccc1P(c1ccccc1)c1ccccc1.[CH3-].[Cl-].[K+].[Pd+2]. The molecule has 0 spiro atoms. The van der Waals surface area contributed by atoms with E-state index in [9.17, 15) is 12.9 Å². The molecule has 2 saturated heterocycles. The first kappa shape index (κ1) is 52.4. The molecule has 0 amide bonds. The minimum atomic E-state index is -5.05. The van der Waals surface area contributed by atoms with Gasteiger partial charge >= 0.3 is 78.8 Å². The molecule has 2 aliphatic heterocycles. The number of benzene rings is 3. The van der Waals surface area contributed by atoms with Gasteiger partial charge in [-0.05, 0) is 36.7 Å². The molecule has 2 heterocycles. The fourth-order valence-corrected chi connectivity index (χ4v) is 6.89. The van der Waals surface area contributed by atoms with Crippen LogP contribution in [-0.4, -0.2) is 99.5 Å². The van der Waals surface area contributed by atoms with Crippen LogP contribution in [0, 0.1) is 7.43 Å². The first-order valence-electron chi connectivity index (χ1n) is 15.8. The van der Waals surface area contributed by atoms with Gasteiger partial charge < -0.3 is 65.9 Å². The van der Waals surface area contributed by atoms with Crippen molar-refractivity contribution in [2.45, 2.75) is 12.8 Å². The van der Waals surface area contributed by atoms with Gasteiger partial charge in [0.2, 0.25) is 0 Å². The third-order valence-electron chi connectivity index (χ3n) is 6.62. The van der Waals surface area contributed by atoms with E-state index < -0.39 is 20.4 Å². The summed E-state index contributed by atoms with van der Waals surface area (Å²) in [7, 11) is -1.24. The molecule has 0 N–H and O–H groups in total. The van der Waals surface area contributed by atoms with Crippen molar-refractivity contribution in [1.29, 1.82) is 0 Å². The van der Waals surface area contributed by atoms with Crippen molar-refractivity contribution < 1.29 is 130 Å². The van der Waals surface area contributed by atoms with Gasteiger partial charge in [0.25, 0.3) is 0 Å². The maximum atomic E-state index is 13.5. The van der Waals surface area contributed by atoms with E-state index in [2.05, 4.69) is 0 Å². The smallest absolute Gasteiger partial charge is 1.00 e. The summed E-state index contributed by atoms with van der Waals surface area (Å²) in [6.45, 7) is 3.99. The zero-order valence-corrected chi connectivity index (χ0v) is 35.4. The standard InChI is InChI=1S/C18H14BF3P.C12H24O6.C4H8O.CH3.ClH.K.Pd/c20-19(21,22)17-13-7-8-14-18(17)23(15-9-3-1-4-10-15)16-11-5-2-6-12-16;1-2-14-5-6-16-9-10-18-12-11-17-8-7-15-4-3-13-1;1-2-4-5-3-1;;;;/h1-14H;1-12H2;1-4H2;1H3;1H;;/q-1;;;-1;;+1;+2/p-1. The minimum Gasteiger partial charge on any atom is -1.00 e. The van der Waals surface area contributed by atoms with Crippen LogP contribution >= 0.6 is 7.92 Å². The molecule has 7 nitrogen and oxygen atoms in total. The second-order valence-corrected chi connectivity index (χ2v) is 12.3. The normalized spacial score (nSPS) is 16.4. The van der Waals surface area contributed by atoms with E-state index >= 15 is 0 Å². The predicted octanol–water partition coefficient (Wildman–Crippen LogP) is -1.15. The Morgan fingerprint density at radius 3 is 1.00 bits per heavy atom. The average molecular weight is 862 g/mol. The van der Waals surface area contributed by atoms with Crippen LogP contribution in [0.1, 0.15) is 12.8 Å². The molecule has 0 aromatic heterocycles. The molecule has 278 valence electrons. The second kappa shape index (κ2) is 33.8. The number of halogens is 4. The zero-order chi connectivity index (χ0) is 32.5. The Morgan fingerprint density at radius 2 is 0.720 bits per heavy atom. The van der Waals surface area contributed by atoms with Crippen molar-refractivity contribution in [3.63, 3.8) is 0 Å². The maximum absolute atomic E-state index is 13.5. The summed E-state index contributed by atoms with van der Waals surface area (Å²) in [5.41, 5.74) is -0.494. The van der Waals surface area contributed by atoms with Gasteiger partial charge in [-0.1, -0.05) is 84.9 Å². The molecular formula is C35H49BClF3KO7PPd. The third kappa shape index (κ3) is 23.1. The molecular weight excluding hydrogens is 812 g/mol. The topological polar surface area (TPSA) is 64.6 Å². The van der Waals surface area contributed by atoms with Crippen LogP contribution in [0.25, 0.3) is 0 Å². The van der Waals surface area contributed by atoms with Crippen LogP contribution in [0.4, 0.5) is 12.9 Å². The van der Waals surface area contributed by atoms with Crippen molar-refractivity contribution in [3.05, 3.63) is 92.4 Å². The Bertz CT molecular complexity index is 1060. The van der Waals surface area contributed by atoms with Crippen LogP contribution in [0.5, 0.6) is 0 Å². The van der Waals surface area contributed by atoms with Gasteiger partial charge in [0, 0.05) is 13.2 Å². The van der Waals surface area contributed by atoms with Crippen LogP contribution in [-0.2, 0) is 53.6 Å². The van der Waals surface area contributed by atoms with Crippen LogP contribution in [0.3, 0.4) is 0 Å². The number of hydrogen-bond donors (Lipinski definition) is 0. The van der Waals surface area contributed by atoms with E-state index in [4.69, 9.17) is 33.2 Å². The summed E-state index contributed by atoms with van der Waals surface area (Å²) in [5.74, 6) is 0. The van der Waals surface area contributed by atoms with Gasteiger partial charge in [-0.3, -0.25) is 0 Å². The Labute approximate surface area is 360 Å². The summed E-state index contributed by atoms with van der Waals surface area (Å²) in [5, 5.41) is 2.20. The molecule has 2 aliphatic rings. The molecule has 0 atom stereocenters. The van der Waals surface area contributed by atoms with Gasteiger partial charge in [0.1, 0.15) is 0 Å². The van der Waals surface area contributed by atoms with Gasteiger partial charge in [0.05, 0.1) is 79.3 Å². The average Bonchev–Trinajstić information content (AvgIpc) is 3.67. The quantitative estimate of drug-likeness (QED) is 0.187. The van der Waals surface area contributed by atoms with Crippen molar-refractivity contribution in [2.24, 2.45) is 0 Å². The fraction of sp³-hybridized carbons (Fsp3) is 0.457. The van der Waals surface area contributed by atoms with Gasteiger partial charge in [-0.25, -0.2) is 0 Å².